The third-order valence-electron chi connectivity index (χ3n) is 5.01. The van der Waals surface area contributed by atoms with Crippen LogP contribution >= 0.6 is 11.3 Å². The minimum atomic E-state index is -0.439. The van der Waals surface area contributed by atoms with E-state index < -0.39 is 5.92 Å². The van der Waals surface area contributed by atoms with Crippen LogP contribution in [0.2, 0.25) is 0 Å². The fourth-order valence-electron chi connectivity index (χ4n) is 3.27. The number of nitrogens with one attached hydrogen (secondary N) is 1. The fraction of sp³-hybridized carbons (Fsp3) is 0.318. The van der Waals surface area contributed by atoms with Gasteiger partial charge < -0.3 is 10.1 Å². The Kier molecular flexibility index (Phi) is 5.39. The third kappa shape index (κ3) is 4.22. The molecule has 1 fully saturated rings. The maximum absolute atomic E-state index is 12.5. The van der Waals surface area contributed by atoms with Crippen LogP contribution in [0.25, 0.3) is 10.8 Å². The molecular formula is C22H22N2O3S. The molecule has 0 spiro atoms. The van der Waals surface area contributed by atoms with E-state index in [2.05, 4.69) is 28.5 Å². The average Bonchev–Trinajstić information content (AvgIpc) is 3.46. The molecule has 1 heterocycles. The number of methoxy groups -OCH3 is 1. The molecule has 4 rings (SSSR count). The number of carbonyl (C=O) groups excluding carboxylic acids is 2. The molecule has 5 nitrogen and oxygen atoms in total. The maximum Gasteiger partial charge on any atom is 0.310 e. The van der Waals surface area contributed by atoms with Gasteiger partial charge in [-0.15, -0.1) is 11.3 Å². The summed E-state index contributed by atoms with van der Waals surface area (Å²) in [5, 5.41) is 6.20. The van der Waals surface area contributed by atoms with Gasteiger partial charge in [-0.25, -0.2) is 4.98 Å². The lowest BCUT2D eigenvalue weighted by Crippen LogP contribution is -2.34. The van der Waals surface area contributed by atoms with Crippen LogP contribution in [0.3, 0.4) is 0 Å². The summed E-state index contributed by atoms with van der Waals surface area (Å²) in [6.07, 6.45) is 4.45. The largest absolute Gasteiger partial charge is 0.469 e. The van der Waals surface area contributed by atoms with Gasteiger partial charge in [-0.1, -0.05) is 42.5 Å². The number of ether oxygens (including phenoxy) is 1. The van der Waals surface area contributed by atoms with Crippen LogP contribution in [0.4, 0.5) is 0 Å². The summed E-state index contributed by atoms with van der Waals surface area (Å²) in [5.41, 5.74) is 1.04. The van der Waals surface area contributed by atoms with Gasteiger partial charge in [-0.3, -0.25) is 9.59 Å². The van der Waals surface area contributed by atoms with Crippen LogP contribution in [0.15, 0.2) is 48.7 Å². The molecule has 1 amide bonds. The summed E-state index contributed by atoms with van der Waals surface area (Å²) in [6.45, 7) is 0.231. The first-order chi connectivity index (χ1) is 13.6. The predicted octanol–water partition coefficient (Wildman–Crippen LogP) is 3.94. The molecule has 0 radical (unpaired) electrons. The number of esters is 1. The van der Waals surface area contributed by atoms with Crippen molar-refractivity contribution >= 4 is 34.0 Å². The summed E-state index contributed by atoms with van der Waals surface area (Å²) in [4.78, 5) is 29.6. The Morgan fingerprint density at radius 2 is 2.00 bits per heavy atom. The van der Waals surface area contributed by atoms with Gasteiger partial charge in [0.1, 0.15) is 4.88 Å². The Morgan fingerprint density at radius 1 is 1.21 bits per heavy atom. The molecule has 1 atom stereocenters. The van der Waals surface area contributed by atoms with Crippen LogP contribution in [-0.2, 0) is 16.0 Å². The summed E-state index contributed by atoms with van der Waals surface area (Å²) in [6, 6.07) is 14.3. The molecule has 1 aromatic heterocycles. The summed E-state index contributed by atoms with van der Waals surface area (Å²) < 4.78 is 4.95. The van der Waals surface area contributed by atoms with E-state index in [1.807, 2.05) is 24.3 Å². The molecule has 6 heteroatoms. The highest BCUT2D eigenvalue weighted by Gasteiger charge is 2.28. The summed E-state index contributed by atoms with van der Waals surface area (Å²) in [5.74, 6) is -0.415. The molecule has 1 N–H and O–H groups in total. The molecule has 1 aliphatic rings. The van der Waals surface area contributed by atoms with Crippen molar-refractivity contribution < 1.29 is 14.3 Å². The highest BCUT2D eigenvalue weighted by Crippen LogP contribution is 2.41. The second kappa shape index (κ2) is 8.10. The van der Waals surface area contributed by atoms with Crippen molar-refractivity contribution in [3.63, 3.8) is 0 Å². The van der Waals surface area contributed by atoms with Gasteiger partial charge in [-0.2, -0.15) is 0 Å². The van der Waals surface area contributed by atoms with Crippen LogP contribution < -0.4 is 5.32 Å². The third-order valence-corrected chi connectivity index (χ3v) is 6.17. The van der Waals surface area contributed by atoms with Crippen LogP contribution in [0.5, 0.6) is 0 Å². The number of rotatable bonds is 7. The van der Waals surface area contributed by atoms with Gasteiger partial charge in [0, 0.05) is 12.5 Å². The lowest BCUT2D eigenvalue weighted by atomic mass is 9.97. The van der Waals surface area contributed by atoms with Crippen LogP contribution in [0, 0.1) is 5.92 Å². The average molecular weight is 394 g/mol. The molecule has 0 bridgehead atoms. The zero-order valence-electron chi connectivity index (χ0n) is 15.7. The number of hydrogen-bond donors (Lipinski definition) is 1. The zero-order chi connectivity index (χ0) is 19.5. The minimum absolute atomic E-state index is 0.184. The molecule has 144 valence electrons. The Balaban J connectivity index is 1.43. The van der Waals surface area contributed by atoms with Gasteiger partial charge >= 0.3 is 5.97 Å². The Labute approximate surface area is 167 Å². The predicted molar refractivity (Wildman–Crippen MR) is 110 cm³/mol. The molecule has 0 saturated heterocycles. The van der Waals surface area contributed by atoms with Crippen LogP contribution in [0.1, 0.15) is 39.0 Å². The molecule has 2 aromatic carbocycles. The van der Waals surface area contributed by atoms with Gasteiger partial charge in [0.2, 0.25) is 0 Å². The number of fused-ring (bicyclic) bond motifs is 1. The van der Waals surface area contributed by atoms with Gasteiger partial charge in [0.05, 0.1) is 24.2 Å². The van der Waals surface area contributed by atoms with E-state index in [0.717, 1.165) is 34.2 Å². The van der Waals surface area contributed by atoms with E-state index in [4.69, 9.17) is 4.74 Å². The second-order valence-electron chi connectivity index (χ2n) is 7.15. The Hall–Kier alpha value is -2.73. The standard InChI is InChI=1S/C22H22N2O3S/c1-27-22(26)18(11-14-6-7-15-4-2-3-5-17(15)10-14)12-23-20(25)19-13-24-21(28-19)16-8-9-16/h2-7,10,13,16,18H,8-9,11-12H2,1H3,(H,23,25). The normalized spacial score (nSPS) is 14.6. The van der Waals surface area contributed by atoms with Crippen molar-refractivity contribution in [2.24, 2.45) is 5.92 Å². The highest BCUT2D eigenvalue weighted by molar-refractivity contribution is 7.13. The number of hydrogen-bond acceptors (Lipinski definition) is 5. The van der Waals surface area contributed by atoms with Crippen molar-refractivity contribution in [2.45, 2.75) is 25.2 Å². The summed E-state index contributed by atoms with van der Waals surface area (Å²) >= 11 is 1.44. The van der Waals surface area contributed by atoms with E-state index in [1.54, 1.807) is 6.20 Å². The first-order valence-electron chi connectivity index (χ1n) is 9.43. The summed E-state index contributed by atoms with van der Waals surface area (Å²) in [7, 11) is 1.38. The van der Waals surface area contributed by atoms with Gasteiger partial charge in [0.15, 0.2) is 0 Å². The number of nitrogens with zero attached hydrogens (tertiary/aromatic N) is 1. The lowest BCUT2D eigenvalue weighted by Gasteiger charge is -2.15. The van der Waals surface area contributed by atoms with Crippen molar-refractivity contribution in [3.8, 4) is 0 Å². The molecule has 28 heavy (non-hydrogen) atoms. The fourth-order valence-corrected chi connectivity index (χ4v) is 4.27. The molecule has 3 aromatic rings. The van der Waals surface area contributed by atoms with E-state index in [1.165, 1.54) is 18.4 Å². The topological polar surface area (TPSA) is 68.3 Å². The smallest absolute Gasteiger partial charge is 0.310 e. The molecule has 1 saturated carbocycles. The van der Waals surface area contributed by atoms with E-state index in [-0.39, 0.29) is 18.4 Å². The first kappa shape index (κ1) is 18.6. The molecular weight excluding hydrogens is 372 g/mol. The SMILES string of the molecule is COC(=O)C(CNC(=O)c1cnc(C2CC2)s1)Cc1ccc2ccccc2c1. The molecule has 1 aliphatic carbocycles. The van der Waals surface area contributed by atoms with Crippen molar-refractivity contribution in [1.29, 1.82) is 0 Å². The Morgan fingerprint density at radius 3 is 2.75 bits per heavy atom. The number of amides is 1. The first-order valence-corrected chi connectivity index (χ1v) is 10.2. The Bertz CT molecular complexity index is 1010. The monoisotopic (exact) mass is 394 g/mol. The minimum Gasteiger partial charge on any atom is -0.469 e. The highest BCUT2D eigenvalue weighted by atomic mass is 32.1. The van der Waals surface area contributed by atoms with Gasteiger partial charge in [-0.05, 0) is 35.6 Å². The lowest BCUT2D eigenvalue weighted by molar-refractivity contribution is -0.145. The zero-order valence-corrected chi connectivity index (χ0v) is 16.5. The number of benzene rings is 2. The van der Waals surface area contributed by atoms with Crippen molar-refractivity contribution in [3.05, 3.63) is 64.1 Å². The number of thiazole rings is 1. The van der Waals surface area contributed by atoms with Crippen molar-refractivity contribution in [1.82, 2.24) is 10.3 Å². The second-order valence-corrected chi connectivity index (χ2v) is 8.21. The van der Waals surface area contributed by atoms with Gasteiger partial charge in [0.25, 0.3) is 5.91 Å². The molecule has 0 aliphatic heterocycles. The van der Waals surface area contributed by atoms with Crippen molar-refractivity contribution in [2.75, 3.05) is 13.7 Å². The van der Waals surface area contributed by atoms with E-state index in [0.29, 0.717) is 17.2 Å². The molecule has 1 unspecified atom stereocenters. The quantitative estimate of drug-likeness (QED) is 0.617. The number of aromatic nitrogens is 1. The van der Waals surface area contributed by atoms with E-state index in [9.17, 15) is 9.59 Å². The maximum atomic E-state index is 12.5. The number of carbonyl (C=O) groups is 2. The van der Waals surface area contributed by atoms with E-state index >= 15 is 0 Å². The van der Waals surface area contributed by atoms with Crippen LogP contribution in [-0.4, -0.2) is 30.5 Å².